The van der Waals surface area contributed by atoms with Crippen LogP contribution in [0.2, 0.25) is 0 Å². The van der Waals surface area contributed by atoms with E-state index in [0.29, 0.717) is 13.0 Å². The van der Waals surface area contributed by atoms with E-state index < -0.39 is 12.3 Å². The monoisotopic (exact) mass is 490 g/mol. The average molecular weight is 491 g/mol. The molecule has 1 unspecified atom stereocenters. The molecule has 0 saturated carbocycles. The van der Waals surface area contributed by atoms with Crippen molar-refractivity contribution in [3.8, 4) is 0 Å². The van der Waals surface area contributed by atoms with Crippen molar-refractivity contribution in [2.75, 3.05) is 29.0 Å². The highest BCUT2D eigenvalue weighted by Gasteiger charge is 2.45. The first kappa shape index (κ1) is 24.3. The molecule has 0 radical (unpaired) electrons. The molecule has 176 valence electrons. The van der Waals surface area contributed by atoms with Gasteiger partial charge in [0.1, 0.15) is 6.34 Å². The summed E-state index contributed by atoms with van der Waals surface area (Å²) >= 11 is 6.57. The Morgan fingerprint density at radius 2 is 1.44 bits per heavy atom. The highest BCUT2D eigenvalue weighted by Crippen LogP contribution is 2.67. The number of esters is 1. The summed E-state index contributed by atoms with van der Waals surface area (Å²) in [4.78, 5) is 13.3. The first-order valence-electron chi connectivity index (χ1n) is 11.6. The van der Waals surface area contributed by atoms with Crippen molar-refractivity contribution in [3.63, 3.8) is 0 Å². The van der Waals surface area contributed by atoms with Crippen LogP contribution in [0.15, 0.2) is 96.8 Å². The van der Waals surface area contributed by atoms with Crippen LogP contribution in [-0.4, -0.2) is 25.7 Å². The Labute approximate surface area is 208 Å². The molecule has 1 aliphatic rings. The molecule has 34 heavy (non-hydrogen) atoms. The molecule has 4 rings (SSSR count). The third-order valence-electron chi connectivity index (χ3n) is 6.19. The molecule has 0 spiro atoms. The smallest absolute Gasteiger partial charge is 0.313 e. The van der Waals surface area contributed by atoms with Gasteiger partial charge in [0.25, 0.3) is 0 Å². The average Bonchev–Trinajstić information content (AvgIpc) is 3.22. The first-order chi connectivity index (χ1) is 16.4. The Kier molecular flexibility index (Phi) is 7.55. The van der Waals surface area contributed by atoms with Crippen molar-refractivity contribution in [1.29, 1.82) is 0 Å². The van der Waals surface area contributed by atoms with Crippen molar-refractivity contribution >= 4 is 35.5 Å². The number of rotatable bonds is 8. The van der Waals surface area contributed by atoms with E-state index in [1.54, 1.807) is 0 Å². The quantitative estimate of drug-likeness (QED) is 0.264. The Balaban J connectivity index is 1.79. The predicted molar refractivity (Wildman–Crippen MR) is 146 cm³/mol. The minimum absolute atomic E-state index is 0.259. The molecule has 0 N–H and O–H groups in total. The zero-order valence-electron chi connectivity index (χ0n) is 19.8. The van der Waals surface area contributed by atoms with Crippen LogP contribution in [0, 0.1) is 12.8 Å². The number of ether oxygens (including phenoxy) is 1. The van der Waals surface area contributed by atoms with Crippen LogP contribution >= 0.6 is 6.34 Å². The third kappa shape index (κ3) is 4.82. The third-order valence-corrected chi connectivity index (χ3v) is 11.3. The Bertz CT molecular complexity index is 1130. The zero-order chi connectivity index (χ0) is 24.1. The van der Waals surface area contributed by atoms with E-state index in [1.807, 2.05) is 43.3 Å². The summed E-state index contributed by atoms with van der Waals surface area (Å²) in [7, 11) is 0. The number of anilines is 2. The lowest BCUT2D eigenvalue weighted by atomic mass is 9.98. The van der Waals surface area contributed by atoms with Crippen molar-refractivity contribution in [2.45, 2.75) is 20.3 Å². The van der Waals surface area contributed by atoms with E-state index in [0.717, 1.165) is 35.3 Å². The summed E-state index contributed by atoms with van der Waals surface area (Å²) < 4.78 is 10.1. The zero-order valence-corrected chi connectivity index (χ0v) is 21.5. The van der Waals surface area contributed by atoms with Crippen molar-refractivity contribution in [1.82, 2.24) is 0 Å². The summed E-state index contributed by atoms with van der Waals surface area (Å²) in [5.74, 6) is -0.783. The number of hydrogen-bond donors (Lipinski definition) is 0. The first-order valence-corrected chi connectivity index (χ1v) is 14.3. The standard InChI is InChI=1S/C28H31N2O2PS/c1-4-32-28(31)27(21-24-17-15-22(2)16-18-24)23(3)33(34)29(25-11-7-5-8-12-25)19-20-30(33)26-13-9-6-10-14-26/h5-18,27H,3-4,19-21H2,1-2H3. The lowest BCUT2D eigenvalue weighted by molar-refractivity contribution is -0.146. The number of aryl methyl sites for hydroxylation is 1. The van der Waals surface area contributed by atoms with Crippen LogP contribution in [-0.2, 0) is 27.8 Å². The van der Waals surface area contributed by atoms with Gasteiger partial charge in [0.05, 0.1) is 12.5 Å². The second kappa shape index (κ2) is 10.6. The van der Waals surface area contributed by atoms with Crippen LogP contribution in [0.5, 0.6) is 0 Å². The number of para-hydroxylation sites is 2. The topological polar surface area (TPSA) is 32.8 Å². The van der Waals surface area contributed by atoms with E-state index >= 15 is 0 Å². The van der Waals surface area contributed by atoms with Crippen LogP contribution in [0.3, 0.4) is 0 Å². The molecule has 0 aliphatic carbocycles. The molecular formula is C28H31N2O2PS. The van der Waals surface area contributed by atoms with Gasteiger partial charge < -0.3 is 14.1 Å². The molecule has 1 saturated heterocycles. The molecule has 3 aromatic carbocycles. The molecule has 0 bridgehead atoms. The van der Waals surface area contributed by atoms with Crippen molar-refractivity contribution in [3.05, 3.63) is 108 Å². The molecule has 1 atom stereocenters. The number of carbonyl (C=O) groups excluding carboxylic acids is 1. The Hall–Kier alpha value is -2.88. The van der Waals surface area contributed by atoms with Crippen LogP contribution < -0.4 is 9.34 Å². The summed E-state index contributed by atoms with van der Waals surface area (Å²) in [6, 6.07) is 28.7. The minimum atomic E-state index is -2.60. The second-order valence-corrected chi connectivity index (χ2v) is 12.6. The van der Waals surface area contributed by atoms with Gasteiger partial charge in [0, 0.05) is 29.8 Å². The SMILES string of the molecule is C=C(C(Cc1ccc(C)cc1)C(=O)OCC)P1(=S)N(c2ccccc2)CCN1c1ccccc1. The molecule has 0 aromatic heterocycles. The predicted octanol–water partition coefficient (Wildman–Crippen LogP) is 6.57. The van der Waals surface area contributed by atoms with E-state index in [-0.39, 0.29) is 5.97 Å². The Morgan fingerprint density at radius 3 is 1.91 bits per heavy atom. The van der Waals surface area contributed by atoms with Gasteiger partial charge in [-0.25, -0.2) is 0 Å². The highest BCUT2D eigenvalue weighted by atomic mass is 32.4. The van der Waals surface area contributed by atoms with Gasteiger partial charge in [-0.1, -0.05) is 72.8 Å². The maximum absolute atomic E-state index is 13.3. The highest BCUT2D eigenvalue weighted by molar-refractivity contribution is 8.18. The van der Waals surface area contributed by atoms with Gasteiger partial charge in [-0.15, -0.1) is 0 Å². The summed E-state index contributed by atoms with van der Waals surface area (Å²) in [5, 5.41) is 0.770. The largest absolute Gasteiger partial charge is 0.466 e. The van der Waals surface area contributed by atoms with E-state index in [1.165, 1.54) is 5.56 Å². The number of carbonyl (C=O) groups is 1. The fourth-order valence-electron chi connectivity index (χ4n) is 4.42. The second-order valence-electron chi connectivity index (χ2n) is 8.45. The Morgan fingerprint density at radius 1 is 0.941 bits per heavy atom. The molecule has 3 aromatic rings. The molecular weight excluding hydrogens is 459 g/mol. The van der Waals surface area contributed by atoms with Gasteiger partial charge in [-0.2, -0.15) is 0 Å². The van der Waals surface area contributed by atoms with Crippen molar-refractivity contribution in [2.24, 2.45) is 5.92 Å². The molecule has 6 heteroatoms. The fourth-order valence-corrected chi connectivity index (χ4v) is 8.95. The van der Waals surface area contributed by atoms with Gasteiger partial charge in [-0.05, 0) is 61.9 Å². The fraction of sp³-hybridized carbons (Fsp3) is 0.250. The number of benzene rings is 3. The molecule has 4 nitrogen and oxygen atoms in total. The normalized spacial score (nSPS) is 15.7. The van der Waals surface area contributed by atoms with Crippen LogP contribution in [0.1, 0.15) is 18.1 Å². The number of hydrogen-bond acceptors (Lipinski definition) is 3. The van der Waals surface area contributed by atoms with Crippen LogP contribution in [0.4, 0.5) is 11.4 Å². The summed E-state index contributed by atoms with van der Waals surface area (Å²) in [6.07, 6.45) is -2.09. The molecule has 1 fully saturated rings. The molecule has 0 amide bonds. The maximum atomic E-state index is 13.3. The van der Waals surface area contributed by atoms with Gasteiger partial charge in [0.15, 0.2) is 0 Å². The lowest BCUT2D eigenvalue weighted by Crippen LogP contribution is -2.28. The van der Waals surface area contributed by atoms with E-state index in [4.69, 9.17) is 16.5 Å². The minimum Gasteiger partial charge on any atom is -0.466 e. The van der Waals surface area contributed by atoms with Gasteiger partial charge in [-0.3, -0.25) is 4.79 Å². The maximum Gasteiger partial charge on any atom is 0.313 e. The molecule has 1 aliphatic heterocycles. The van der Waals surface area contributed by atoms with E-state index in [9.17, 15) is 4.79 Å². The number of nitrogens with zero attached hydrogens (tertiary/aromatic N) is 2. The summed E-state index contributed by atoms with van der Waals surface area (Å²) in [6.45, 7) is 10.3. The molecule has 1 heterocycles. The van der Waals surface area contributed by atoms with Gasteiger partial charge in [0.2, 0.25) is 0 Å². The lowest BCUT2D eigenvalue weighted by Gasteiger charge is -2.39. The van der Waals surface area contributed by atoms with E-state index in [2.05, 4.69) is 71.4 Å². The van der Waals surface area contributed by atoms with Crippen LogP contribution in [0.25, 0.3) is 0 Å². The van der Waals surface area contributed by atoms with Crippen molar-refractivity contribution < 1.29 is 9.53 Å². The summed E-state index contributed by atoms with van der Waals surface area (Å²) in [5.41, 5.74) is 4.37. The van der Waals surface area contributed by atoms with Gasteiger partial charge >= 0.3 is 5.97 Å².